The fraction of sp³-hybridized carbons (Fsp3) is 0.417. The van der Waals surface area contributed by atoms with Crippen LogP contribution in [0.4, 0.5) is 0 Å². The predicted molar refractivity (Wildman–Crippen MR) is 61.1 cm³/mol. The van der Waals surface area contributed by atoms with Crippen LogP contribution in [0.5, 0.6) is 5.75 Å². The maximum absolute atomic E-state index is 10.5. The molecule has 0 fully saturated rings. The van der Waals surface area contributed by atoms with Gasteiger partial charge in [0.2, 0.25) is 0 Å². The summed E-state index contributed by atoms with van der Waals surface area (Å²) in [6.45, 7) is 1.16. The van der Waals surface area contributed by atoms with Crippen molar-refractivity contribution in [2.45, 2.75) is 6.42 Å². The van der Waals surface area contributed by atoms with Crippen LogP contribution < -0.4 is 4.74 Å². The lowest BCUT2D eigenvalue weighted by atomic mass is 10.1. The number of carboxylic acid groups (broad SMARTS) is 1. The second kappa shape index (κ2) is 7.65. The molecule has 0 bridgehead atoms. The molecule has 0 aliphatic rings. The van der Waals surface area contributed by atoms with Crippen LogP contribution in [0.15, 0.2) is 24.3 Å². The summed E-state index contributed by atoms with van der Waals surface area (Å²) in [6, 6.07) is 6.88. The third kappa shape index (κ3) is 5.89. The Morgan fingerprint density at radius 2 is 1.94 bits per heavy atom. The summed E-state index contributed by atoms with van der Waals surface area (Å²) in [5, 5.41) is 8.60. The molecule has 0 spiro atoms. The van der Waals surface area contributed by atoms with Gasteiger partial charge in [0.1, 0.15) is 5.75 Å². The molecule has 5 heteroatoms. The first kappa shape index (κ1) is 13.5. The van der Waals surface area contributed by atoms with Crippen molar-refractivity contribution in [1.82, 2.24) is 0 Å². The van der Waals surface area contributed by atoms with Crippen LogP contribution in [0.3, 0.4) is 0 Å². The molecule has 0 amide bonds. The molecule has 0 unspecified atom stereocenters. The smallest absolute Gasteiger partial charge is 0.307 e. The van der Waals surface area contributed by atoms with E-state index in [1.807, 2.05) is 0 Å². The van der Waals surface area contributed by atoms with Gasteiger partial charge >= 0.3 is 5.97 Å². The predicted octanol–water partition coefficient (Wildman–Crippen LogP) is 1.31. The number of hydrogen-bond acceptors (Lipinski definition) is 4. The second-order valence-corrected chi connectivity index (χ2v) is 3.38. The van der Waals surface area contributed by atoms with Crippen LogP contribution in [-0.2, 0) is 20.7 Å². The highest BCUT2D eigenvalue weighted by Crippen LogP contribution is 2.12. The number of carbonyl (C=O) groups is 1. The van der Waals surface area contributed by atoms with E-state index in [2.05, 4.69) is 0 Å². The van der Waals surface area contributed by atoms with Crippen molar-refractivity contribution in [2.75, 3.05) is 27.1 Å². The van der Waals surface area contributed by atoms with Gasteiger partial charge in [-0.25, -0.2) is 0 Å². The first-order valence-corrected chi connectivity index (χ1v) is 5.22. The Labute approximate surface area is 99.9 Å². The van der Waals surface area contributed by atoms with E-state index in [0.717, 1.165) is 5.56 Å². The lowest BCUT2D eigenvalue weighted by Crippen LogP contribution is -2.07. The third-order valence-electron chi connectivity index (χ3n) is 2.02. The zero-order valence-corrected chi connectivity index (χ0v) is 9.72. The van der Waals surface area contributed by atoms with Gasteiger partial charge in [-0.15, -0.1) is 0 Å². The minimum Gasteiger partial charge on any atom is -0.481 e. The first-order chi connectivity index (χ1) is 8.22. The summed E-state index contributed by atoms with van der Waals surface area (Å²) in [4.78, 5) is 10.5. The summed E-state index contributed by atoms with van der Waals surface area (Å²) in [6.07, 6.45) is 0.0185. The molecule has 0 aromatic heterocycles. The molecule has 17 heavy (non-hydrogen) atoms. The van der Waals surface area contributed by atoms with Crippen molar-refractivity contribution >= 4 is 5.97 Å². The lowest BCUT2D eigenvalue weighted by Gasteiger charge is -2.07. The molecule has 0 saturated heterocycles. The molecular formula is C12H16O5. The van der Waals surface area contributed by atoms with Gasteiger partial charge in [-0.3, -0.25) is 4.79 Å². The van der Waals surface area contributed by atoms with Gasteiger partial charge in [0, 0.05) is 7.11 Å². The molecule has 0 aliphatic heterocycles. The van der Waals surface area contributed by atoms with Crippen molar-refractivity contribution in [3.05, 3.63) is 29.8 Å². The molecule has 1 aromatic carbocycles. The van der Waals surface area contributed by atoms with Gasteiger partial charge in [0.05, 0.1) is 19.6 Å². The van der Waals surface area contributed by atoms with Crippen molar-refractivity contribution in [1.29, 1.82) is 0 Å². The Morgan fingerprint density at radius 1 is 1.24 bits per heavy atom. The van der Waals surface area contributed by atoms with Gasteiger partial charge in [-0.2, -0.15) is 0 Å². The van der Waals surface area contributed by atoms with Crippen molar-refractivity contribution in [3.63, 3.8) is 0 Å². The average molecular weight is 240 g/mol. The van der Waals surface area contributed by atoms with Crippen LogP contribution in [0.25, 0.3) is 0 Å². The largest absolute Gasteiger partial charge is 0.481 e. The molecule has 1 N–H and O–H groups in total. The van der Waals surface area contributed by atoms with Crippen molar-refractivity contribution in [3.8, 4) is 5.75 Å². The van der Waals surface area contributed by atoms with Crippen LogP contribution in [0, 0.1) is 0 Å². The summed E-state index contributed by atoms with van der Waals surface area (Å²) in [5.41, 5.74) is 0.741. The zero-order valence-electron chi connectivity index (χ0n) is 9.72. The van der Waals surface area contributed by atoms with Crippen LogP contribution in [0.2, 0.25) is 0 Å². The SMILES string of the molecule is COCCOCOc1ccc(CC(=O)O)cc1. The molecule has 94 valence electrons. The molecule has 0 atom stereocenters. The summed E-state index contributed by atoms with van der Waals surface area (Å²) >= 11 is 0. The molecule has 1 aromatic rings. The number of rotatable bonds is 8. The molecule has 0 aliphatic carbocycles. The number of ether oxygens (including phenoxy) is 3. The average Bonchev–Trinajstić information content (AvgIpc) is 2.30. The van der Waals surface area contributed by atoms with E-state index >= 15 is 0 Å². The first-order valence-electron chi connectivity index (χ1n) is 5.22. The quantitative estimate of drug-likeness (QED) is 0.548. The van der Waals surface area contributed by atoms with E-state index in [4.69, 9.17) is 19.3 Å². The fourth-order valence-electron chi connectivity index (χ4n) is 1.19. The topological polar surface area (TPSA) is 65.0 Å². The van der Waals surface area contributed by atoms with Gasteiger partial charge in [0.15, 0.2) is 6.79 Å². The van der Waals surface area contributed by atoms with Crippen LogP contribution >= 0.6 is 0 Å². The molecule has 0 heterocycles. The van der Waals surface area contributed by atoms with Gasteiger partial charge in [-0.1, -0.05) is 12.1 Å². The second-order valence-electron chi connectivity index (χ2n) is 3.38. The highest BCUT2D eigenvalue weighted by molar-refractivity contribution is 5.70. The number of carboxylic acids is 1. The minimum atomic E-state index is -0.846. The maximum Gasteiger partial charge on any atom is 0.307 e. The Kier molecular flexibility index (Phi) is 6.06. The van der Waals surface area contributed by atoms with E-state index in [9.17, 15) is 4.79 Å². The van der Waals surface area contributed by atoms with Gasteiger partial charge in [0.25, 0.3) is 0 Å². The molecule has 0 radical (unpaired) electrons. The minimum absolute atomic E-state index is 0.0185. The molecular weight excluding hydrogens is 224 g/mol. The number of hydrogen-bond donors (Lipinski definition) is 1. The lowest BCUT2D eigenvalue weighted by molar-refractivity contribution is -0.136. The third-order valence-corrected chi connectivity index (χ3v) is 2.02. The van der Waals surface area contributed by atoms with Crippen LogP contribution in [0.1, 0.15) is 5.56 Å². The standard InChI is InChI=1S/C12H16O5/c1-15-6-7-16-9-17-11-4-2-10(3-5-11)8-12(13)14/h2-5H,6-9H2,1H3,(H,13,14). The van der Waals surface area contributed by atoms with Crippen molar-refractivity contribution < 1.29 is 24.1 Å². The molecule has 5 nitrogen and oxygen atoms in total. The summed E-state index contributed by atoms with van der Waals surface area (Å²) in [5.74, 6) is -0.196. The van der Waals surface area contributed by atoms with Gasteiger partial charge in [-0.05, 0) is 17.7 Å². The summed E-state index contributed by atoms with van der Waals surface area (Å²) < 4.78 is 15.2. The maximum atomic E-state index is 10.5. The summed E-state index contributed by atoms with van der Waals surface area (Å²) in [7, 11) is 1.60. The molecule has 1 rings (SSSR count). The highest BCUT2D eigenvalue weighted by Gasteiger charge is 2.00. The Hall–Kier alpha value is -1.59. The zero-order chi connectivity index (χ0) is 12.5. The van der Waals surface area contributed by atoms with E-state index in [1.165, 1.54) is 0 Å². The van der Waals surface area contributed by atoms with E-state index in [1.54, 1.807) is 31.4 Å². The number of benzene rings is 1. The van der Waals surface area contributed by atoms with Gasteiger partial charge < -0.3 is 19.3 Å². The van der Waals surface area contributed by atoms with Crippen molar-refractivity contribution in [2.24, 2.45) is 0 Å². The molecule has 0 saturated carbocycles. The number of aliphatic carboxylic acids is 1. The Balaban J connectivity index is 2.28. The van der Waals surface area contributed by atoms with E-state index < -0.39 is 5.97 Å². The highest BCUT2D eigenvalue weighted by atomic mass is 16.7. The number of methoxy groups -OCH3 is 1. The normalized spacial score (nSPS) is 10.2. The Bertz CT molecular complexity index is 333. The fourth-order valence-corrected chi connectivity index (χ4v) is 1.19. The van der Waals surface area contributed by atoms with E-state index in [-0.39, 0.29) is 13.2 Å². The van der Waals surface area contributed by atoms with Crippen LogP contribution in [-0.4, -0.2) is 38.2 Å². The monoisotopic (exact) mass is 240 g/mol. The van der Waals surface area contributed by atoms with E-state index in [0.29, 0.717) is 19.0 Å². The Morgan fingerprint density at radius 3 is 2.53 bits per heavy atom.